The summed E-state index contributed by atoms with van der Waals surface area (Å²) in [7, 11) is 5.88. The minimum Gasteiger partial charge on any atom is -0.356 e. The Bertz CT molecular complexity index is 480. The van der Waals surface area contributed by atoms with Gasteiger partial charge in [-0.15, -0.1) is 24.0 Å². The van der Waals surface area contributed by atoms with E-state index in [2.05, 4.69) is 22.1 Å². The summed E-state index contributed by atoms with van der Waals surface area (Å²) < 4.78 is 2.05. The van der Waals surface area contributed by atoms with Crippen LogP contribution in [0.25, 0.3) is 0 Å². The Balaban J connectivity index is 0.00000200. The van der Waals surface area contributed by atoms with Crippen molar-refractivity contribution in [3.8, 4) is 0 Å². The Morgan fingerprint density at radius 2 is 2.20 bits per heavy atom. The van der Waals surface area contributed by atoms with Crippen molar-refractivity contribution in [1.29, 1.82) is 0 Å². The minimum absolute atomic E-state index is 0. The molecule has 1 heterocycles. The van der Waals surface area contributed by atoms with Gasteiger partial charge in [0.25, 0.3) is 0 Å². The van der Waals surface area contributed by atoms with Gasteiger partial charge in [0.1, 0.15) is 0 Å². The van der Waals surface area contributed by atoms with Crippen molar-refractivity contribution in [2.75, 3.05) is 20.6 Å². The molecule has 0 radical (unpaired) electrons. The van der Waals surface area contributed by atoms with Crippen molar-refractivity contribution < 1.29 is 0 Å². The second-order valence-electron chi connectivity index (χ2n) is 5.83. The molecule has 6 heteroatoms. The number of nitrogens with zero attached hydrogens (tertiary/aromatic N) is 3. The van der Waals surface area contributed by atoms with Crippen molar-refractivity contribution in [2.24, 2.45) is 17.5 Å². The summed E-state index contributed by atoms with van der Waals surface area (Å²) in [6.45, 7) is 4.10. The third-order valence-electron chi connectivity index (χ3n) is 3.82. The lowest BCUT2D eigenvalue weighted by molar-refractivity contribution is 0.447. The van der Waals surface area contributed by atoms with E-state index < -0.39 is 0 Å². The number of aryl methyl sites for hydroxylation is 1. The van der Waals surface area contributed by atoms with E-state index in [-0.39, 0.29) is 24.0 Å². The zero-order valence-corrected chi connectivity index (χ0v) is 15.7. The first-order chi connectivity index (χ1) is 8.93. The topological polar surface area (TPSA) is 32.6 Å². The molecule has 0 aliphatic heterocycles. The molecule has 2 rings (SSSR count). The number of aromatic nitrogens is 1. The van der Waals surface area contributed by atoms with Crippen LogP contribution in [0.2, 0.25) is 5.02 Å². The van der Waals surface area contributed by atoms with Gasteiger partial charge in [0.2, 0.25) is 0 Å². The monoisotopic (exact) mass is 410 g/mol. The van der Waals surface area contributed by atoms with Crippen molar-refractivity contribution in [1.82, 2.24) is 14.8 Å². The molecule has 0 unspecified atom stereocenters. The average molecular weight is 411 g/mol. The van der Waals surface area contributed by atoms with Gasteiger partial charge in [-0.3, -0.25) is 4.99 Å². The minimum atomic E-state index is 0. The van der Waals surface area contributed by atoms with E-state index in [1.54, 1.807) is 0 Å². The molecule has 20 heavy (non-hydrogen) atoms. The Morgan fingerprint density at radius 3 is 2.65 bits per heavy atom. The van der Waals surface area contributed by atoms with Crippen LogP contribution in [-0.2, 0) is 13.6 Å². The van der Waals surface area contributed by atoms with Gasteiger partial charge in [0, 0.05) is 39.6 Å². The zero-order valence-electron chi connectivity index (χ0n) is 12.6. The highest BCUT2D eigenvalue weighted by Crippen LogP contribution is 2.44. The van der Waals surface area contributed by atoms with Crippen molar-refractivity contribution in [2.45, 2.75) is 26.3 Å². The van der Waals surface area contributed by atoms with Crippen molar-refractivity contribution >= 4 is 41.5 Å². The predicted molar refractivity (Wildman–Crippen MR) is 96.0 cm³/mol. The van der Waals surface area contributed by atoms with Crippen LogP contribution in [-0.4, -0.2) is 36.1 Å². The van der Waals surface area contributed by atoms with Gasteiger partial charge in [0.15, 0.2) is 5.96 Å². The highest BCUT2D eigenvalue weighted by Gasteiger charge is 2.37. The highest BCUT2D eigenvalue weighted by atomic mass is 127. The summed E-state index contributed by atoms with van der Waals surface area (Å²) in [6.07, 6.45) is 4.55. The van der Waals surface area contributed by atoms with Gasteiger partial charge < -0.3 is 14.8 Å². The standard InChI is InChI=1S/C14H23ClN4.HI/c1-14(5-6-14)10-17-13(16-2)19(4)9-12-7-11(15)8-18(12)3;/h7-8H,5-6,9-10H2,1-4H3,(H,16,17);1H. The Labute approximate surface area is 143 Å². The van der Waals surface area contributed by atoms with E-state index in [0.29, 0.717) is 5.41 Å². The fourth-order valence-electron chi connectivity index (χ4n) is 2.11. The molecule has 1 aliphatic carbocycles. The fourth-order valence-corrected chi connectivity index (χ4v) is 2.38. The van der Waals surface area contributed by atoms with Gasteiger partial charge in [0.05, 0.1) is 11.6 Å². The van der Waals surface area contributed by atoms with E-state index in [4.69, 9.17) is 11.6 Å². The van der Waals surface area contributed by atoms with Crippen molar-refractivity contribution in [3.05, 3.63) is 23.0 Å². The van der Waals surface area contributed by atoms with Crippen molar-refractivity contribution in [3.63, 3.8) is 0 Å². The van der Waals surface area contributed by atoms with Gasteiger partial charge >= 0.3 is 0 Å². The smallest absolute Gasteiger partial charge is 0.193 e. The van der Waals surface area contributed by atoms with E-state index in [1.165, 1.54) is 18.5 Å². The summed E-state index contributed by atoms with van der Waals surface area (Å²) >= 11 is 6.01. The number of nitrogens with one attached hydrogen (secondary N) is 1. The van der Waals surface area contributed by atoms with Crippen LogP contribution in [0.4, 0.5) is 0 Å². The Morgan fingerprint density at radius 1 is 1.55 bits per heavy atom. The normalized spacial score (nSPS) is 16.6. The lowest BCUT2D eigenvalue weighted by Crippen LogP contribution is -2.41. The number of aliphatic imine (C=N–C) groups is 1. The maximum absolute atomic E-state index is 6.01. The third kappa shape index (κ3) is 4.55. The van der Waals surface area contributed by atoms with Crippen LogP contribution in [0.1, 0.15) is 25.5 Å². The lowest BCUT2D eigenvalue weighted by atomic mass is 10.1. The predicted octanol–water partition coefficient (Wildman–Crippen LogP) is 3.10. The molecule has 4 nitrogen and oxygen atoms in total. The van der Waals surface area contributed by atoms with Crippen LogP contribution in [0.5, 0.6) is 0 Å². The zero-order chi connectivity index (χ0) is 14.0. The molecule has 1 aromatic heterocycles. The second kappa shape index (κ2) is 7.02. The molecule has 1 saturated carbocycles. The third-order valence-corrected chi connectivity index (χ3v) is 4.03. The average Bonchev–Trinajstić information content (AvgIpc) is 2.98. The summed E-state index contributed by atoms with van der Waals surface area (Å²) in [4.78, 5) is 6.46. The van der Waals surface area contributed by atoms with E-state index in [9.17, 15) is 0 Å². The molecule has 1 N–H and O–H groups in total. The summed E-state index contributed by atoms with van der Waals surface area (Å²) in [6, 6.07) is 1.99. The summed E-state index contributed by atoms with van der Waals surface area (Å²) in [5.41, 5.74) is 1.65. The second-order valence-corrected chi connectivity index (χ2v) is 6.26. The van der Waals surface area contributed by atoms with Gasteiger partial charge in [-0.2, -0.15) is 0 Å². The first kappa shape index (κ1) is 17.6. The highest BCUT2D eigenvalue weighted by molar-refractivity contribution is 14.0. The van der Waals surface area contributed by atoms with Gasteiger partial charge in [-0.1, -0.05) is 18.5 Å². The molecule has 0 spiro atoms. The number of guanidine groups is 1. The molecule has 1 aliphatic rings. The molecular formula is C14H24ClIN4. The molecule has 0 bridgehead atoms. The molecule has 1 fully saturated rings. The first-order valence-electron chi connectivity index (χ1n) is 6.66. The van der Waals surface area contributed by atoms with Gasteiger partial charge in [-0.05, 0) is 24.3 Å². The van der Waals surface area contributed by atoms with Crippen LogP contribution in [0.15, 0.2) is 17.3 Å². The molecule has 0 saturated heterocycles. The number of halogens is 2. The van der Waals surface area contributed by atoms with E-state index in [1.807, 2.05) is 38.0 Å². The Kier molecular flexibility index (Phi) is 6.19. The molecule has 1 aromatic rings. The van der Waals surface area contributed by atoms with E-state index >= 15 is 0 Å². The van der Waals surface area contributed by atoms with Crippen LogP contribution in [0, 0.1) is 5.41 Å². The van der Waals surface area contributed by atoms with Gasteiger partial charge in [-0.25, -0.2) is 0 Å². The maximum atomic E-state index is 6.01. The first-order valence-corrected chi connectivity index (χ1v) is 7.04. The lowest BCUT2D eigenvalue weighted by Gasteiger charge is -2.23. The number of hydrogen-bond acceptors (Lipinski definition) is 1. The van der Waals surface area contributed by atoms with Crippen LogP contribution in [0.3, 0.4) is 0 Å². The largest absolute Gasteiger partial charge is 0.356 e. The van der Waals surface area contributed by atoms with Crippen LogP contribution >= 0.6 is 35.6 Å². The molecule has 114 valence electrons. The number of rotatable bonds is 4. The molecule has 0 atom stereocenters. The number of hydrogen-bond donors (Lipinski definition) is 1. The Hall–Kier alpha value is -0.430. The molecular weight excluding hydrogens is 387 g/mol. The maximum Gasteiger partial charge on any atom is 0.193 e. The molecule has 0 amide bonds. The SMILES string of the molecule is CN=C(NCC1(C)CC1)N(C)Cc1cc(Cl)cn1C.I. The molecule has 0 aromatic carbocycles. The summed E-state index contributed by atoms with van der Waals surface area (Å²) in [5, 5.41) is 4.23. The summed E-state index contributed by atoms with van der Waals surface area (Å²) in [5.74, 6) is 0.936. The van der Waals surface area contributed by atoms with Crippen LogP contribution < -0.4 is 5.32 Å². The fraction of sp³-hybridized carbons (Fsp3) is 0.643. The quantitative estimate of drug-likeness (QED) is 0.470. The van der Waals surface area contributed by atoms with E-state index in [0.717, 1.165) is 24.1 Å².